The molecule has 1 unspecified atom stereocenters. The molecular weight excluding hydrogens is 375 g/mol. The van der Waals surface area contributed by atoms with Crippen LogP contribution in [0.3, 0.4) is 0 Å². The highest BCUT2D eigenvalue weighted by Gasteiger charge is 2.12. The van der Waals surface area contributed by atoms with E-state index in [0.29, 0.717) is 24.6 Å². The molecule has 0 saturated heterocycles. The molecular formula is C17H22BrFN4O. The van der Waals surface area contributed by atoms with E-state index in [4.69, 9.17) is 0 Å². The van der Waals surface area contributed by atoms with Gasteiger partial charge in [-0.05, 0) is 39.7 Å². The highest BCUT2D eigenvalue weighted by Crippen LogP contribution is 2.15. The van der Waals surface area contributed by atoms with Crippen LogP contribution in [-0.2, 0) is 13.6 Å². The van der Waals surface area contributed by atoms with Crippen LogP contribution in [0.15, 0.2) is 46.0 Å². The molecule has 0 aliphatic rings. The molecule has 0 spiro atoms. The van der Waals surface area contributed by atoms with Crippen LogP contribution in [-0.4, -0.2) is 41.2 Å². The van der Waals surface area contributed by atoms with E-state index in [0.717, 1.165) is 10.2 Å². The summed E-state index contributed by atoms with van der Waals surface area (Å²) in [6, 6.07) is 7.89. The van der Waals surface area contributed by atoms with E-state index in [1.807, 2.05) is 29.8 Å². The topological polar surface area (TPSA) is 52.8 Å². The van der Waals surface area contributed by atoms with Gasteiger partial charge in [0.1, 0.15) is 5.82 Å². The third kappa shape index (κ3) is 4.82. The number of nitrogens with zero attached hydrogens (tertiary/aromatic N) is 3. The van der Waals surface area contributed by atoms with Gasteiger partial charge in [0, 0.05) is 44.1 Å². The quantitative estimate of drug-likeness (QED) is 0.603. The van der Waals surface area contributed by atoms with Crippen LogP contribution < -0.4 is 5.32 Å². The van der Waals surface area contributed by atoms with E-state index in [9.17, 15) is 9.50 Å². The molecule has 1 heterocycles. The molecule has 0 aliphatic heterocycles. The highest BCUT2D eigenvalue weighted by atomic mass is 79.9. The number of aliphatic imine (C=N–C) groups is 1. The van der Waals surface area contributed by atoms with Gasteiger partial charge in [0.05, 0.1) is 12.6 Å². The number of aryl methyl sites for hydroxylation is 1. The zero-order valence-electron chi connectivity index (χ0n) is 14.0. The molecule has 130 valence electrons. The minimum absolute atomic E-state index is 0.291. The van der Waals surface area contributed by atoms with Gasteiger partial charge in [-0.1, -0.05) is 12.1 Å². The first-order valence-corrected chi connectivity index (χ1v) is 8.36. The molecule has 2 N–H and O–H groups in total. The first-order valence-electron chi connectivity index (χ1n) is 7.56. The summed E-state index contributed by atoms with van der Waals surface area (Å²) in [4.78, 5) is 6.21. The SMILES string of the molecule is CN=C(NCC(O)c1ccc(F)cc1)N(C)Cc1cc(Br)cn1C. The molecule has 7 heteroatoms. The molecule has 1 atom stereocenters. The van der Waals surface area contributed by atoms with E-state index >= 15 is 0 Å². The van der Waals surface area contributed by atoms with Gasteiger partial charge in [-0.2, -0.15) is 0 Å². The van der Waals surface area contributed by atoms with E-state index < -0.39 is 6.10 Å². The second-order valence-electron chi connectivity index (χ2n) is 5.61. The average Bonchev–Trinajstić information content (AvgIpc) is 2.85. The highest BCUT2D eigenvalue weighted by molar-refractivity contribution is 9.10. The molecule has 0 bridgehead atoms. The maximum absolute atomic E-state index is 12.9. The van der Waals surface area contributed by atoms with Crippen LogP contribution in [0.1, 0.15) is 17.4 Å². The van der Waals surface area contributed by atoms with Gasteiger partial charge in [-0.25, -0.2) is 4.39 Å². The van der Waals surface area contributed by atoms with Crippen LogP contribution in [0, 0.1) is 5.82 Å². The standard InChI is InChI=1S/C17H22BrFN4O/c1-20-17(23(3)11-15-8-13(18)10-22(15)2)21-9-16(24)12-4-6-14(19)7-5-12/h4-8,10,16,24H,9,11H2,1-3H3,(H,20,21). The van der Waals surface area contributed by atoms with Gasteiger partial charge in [0.25, 0.3) is 0 Å². The Hall–Kier alpha value is -1.86. The van der Waals surface area contributed by atoms with Crippen molar-refractivity contribution in [1.29, 1.82) is 0 Å². The first-order chi connectivity index (χ1) is 11.4. The minimum Gasteiger partial charge on any atom is -0.387 e. The third-order valence-electron chi connectivity index (χ3n) is 3.76. The molecule has 0 radical (unpaired) electrons. The van der Waals surface area contributed by atoms with Crippen molar-refractivity contribution in [2.24, 2.45) is 12.0 Å². The first kappa shape index (κ1) is 18.5. The molecule has 5 nitrogen and oxygen atoms in total. The van der Waals surface area contributed by atoms with Crippen LogP contribution in [0.25, 0.3) is 0 Å². The lowest BCUT2D eigenvalue weighted by molar-refractivity contribution is 0.179. The smallest absolute Gasteiger partial charge is 0.193 e. The van der Waals surface area contributed by atoms with Crippen LogP contribution in [0.5, 0.6) is 0 Å². The number of hydrogen-bond donors (Lipinski definition) is 2. The van der Waals surface area contributed by atoms with Gasteiger partial charge in [0.2, 0.25) is 0 Å². The summed E-state index contributed by atoms with van der Waals surface area (Å²) in [6.07, 6.45) is 1.26. The zero-order valence-corrected chi connectivity index (χ0v) is 15.6. The minimum atomic E-state index is -0.736. The molecule has 1 aromatic carbocycles. The number of aliphatic hydroxyl groups is 1. The Kier molecular flexibility index (Phi) is 6.39. The Bertz CT molecular complexity index is 699. The lowest BCUT2D eigenvalue weighted by atomic mass is 10.1. The maximum atomic E-state index is 12.9. The van der Waals surface area contributed by atoms with Crippen molar-refractivity contribution in [1.82, 2.24) is 14.8 Å². The fraction of sp³-hybridized carbons (Fsp3) is 0.353. The number of aromatic nitrogens is 1. The second kappa shape index (κ2) is 8.30. The van der Waals surface area contributed by atoms with Crippen molar-refractivity contribution in [2.75, 3.05) is 20.6 Å². The van der Waals surface area contributed by atoms with Gasteiger partial charge in [-0.3, -0.25) is 4.99 Å². The Morgan fingerprint density at radius 3 is 2.62 bits per heavy atom. The number of nitrogens with one attached hydrogen (secondary N) is 1. The molecule has 2 rings (SSSR count). The normalized spacial score (nSPS) is 13.0. The predicted molar refractivity (Wildman–Crippen MR) is 97.3 cm³/mol. The van der Waals surface area contributed by atoms with Crippen molar-refractivity contribution >= 4 is 21.9 Å². The third-order valence-corrected chi connectivity index (χ3v) is 4.19. The summed E-state index contributed by atoms with van der Waals surface area (Å²) >= 11 is 3.46. The van der Waals surface area contributed by atoms with Gasteiger partial charge >= 0.3 is 0 Å². The average molecular weight is 397 g/mol. The Morgan fingerprint density at radius 1 is 1.42 bits per heavy atom. The predicted octanol–water partition coefficient (Wildman–Crippen LogP) is 2.67. The van der Waals surface area contributed by atoms with E-state index in [-0.39, 0.29) is 5.82 Å². The lowest BCUT2D eigenvalue weighted by Gasteiger charge is -2.23. The molecule has 24 heavy (non-hydrogen) atoms. The summed E-state index contributed by atoms with van der Waals surface area (Å²) in [5.41, 5.74) is 1.79. The molecule has 0 aliphatic carbocycles. The Balaban J connectivity index is 1.94. The molecule has 2 aromatic rings. The largest absolute Gasteiger partial charge is 0.387 e. The number of hydrogen-bond acceptors (Lipinski definition) is 2. The van der Waals surface area contributed by atoms with Gasteiger partial charge < -0.3 is 19.9 Å². The number of benzene rings is 1. The van der Waals surface area contributed by atoms with Crippen molar-refractivity contribution in [2.45, 2.75) is 12.6 Å². The summed E-state index contributed by atoms with van der Waals surface area (Å²) in [5, 5.41) is 13.3. The summed E-state index contributed by atoms with van der Waals surface area (Å²) in [6.45, 7) is 0.966. The van der Waals surface area contributed by atoms with E-state index in [1.165, 1.54) is 12.1 Å². The molecule has 0 fully saturated rings. The van der Waals surface area contributed by atoms with E-state index in [1.54, 1.807) is 19.2 Å². The van der Waals surface area contributed by atoms with Crippen molar-refractivity contribution in [3.63, 3.8) is 0 Å². The van der Waals surface area contributed by atoms with Gasteiger partial charge in [-0.15, -0.1) is 0 Å². The van der Waals surface area contributed by atoms with Crippen molar-refractivity contribution in [3.8, 4) is 0 Å². The molecule has 0 saturated carbocycles. The van der Waals surface area contributed by atoms with Crippen LogP contribution >= 0.6 is 15.9 Å². The number of halogens is 2. The zero-order chi connectivity index (χ0) is 17.7. The summed E-state index contributed by atoms with van der Waals surface area (Å²) in [7, 11) is 5.62. The molecule has 0 amide bonds. The summed E-state index contributed by atoms with van der Waals surface area (Å²) in [5.74, 6) is 0.358. The number of rotatable bonds is 5. The maximum Gasteiger partial charge on any atom is 0.193 e. The monoisotopic (exact) mass is 396 g/mol. The van der Waals surface area contributed by atoms with Crippen molar-refractivity contribution < 1.29 is 9.50 Å². The van der Waals surface area contributed by atoms with Crippen molar-refractivity contribution in [3.05, 3.63) is 58.1 Å². The Morgan fingerprint density at radius 2 is 2.08 bits per heavy atom. The molecule has 1 aromatic heterocycles. The Labute approximate surface area is 149 Å². The van der Waals surface area contributed by atoms with Crippen LogP contribution in [0.2, 0.25) is 0 Å². The second-order valence-corrected chi connectivity index (χ2v) is 6.53. The fourth-order valence-corrected chi connectivity index (χ4v) is 2.99. The number of guanidine groups is 1. The summed E-state index contributed by atoms with van der Waals surface area (Å²) < 4.78 is 16.0. The van der Waals surface area contributed by atoms with Gasteiger partial charge in [0.15, 0.2) is 5.96 Å². The van der Waals surface area contributed by atoms with Crippen LogP contribution in [0.4, 0.5) is 4.39 Å². The fourth-order valence-electron chi connectivity index (χ4n) is 2.42. The number of aliphatic hydroxyl groups excluding tert-OH is 1. The van der Waals surface area contributed by atoms with E-state index in [2.05, 4.69) is 32.3 Å². The lowest BCUT2D eigenvalue weighted by Crippen LogP contribution is -2.40.